The summed E-state index contributed by atoms with van der Waals surface area (Å²) in [6, 6.07) is 0. The van der Waals surface area contributed by atoms with Gasteiger partial charge in [-0.15, -0.1) is 0 Å². The topological polar surface area (TPSA) is 85.4 Å². The zero-order chi connectivity index (χ0) is 23.5. The smallest absolute Gasteiger partial charge is 0.315 e. The van der Waals surface area contributed by atoms with Crippen LogP contribution in [-0.4, -0.2) is 54.7 Å². The average Bonchev–Trinajstić information content (AvgIpc) is 3.39. The van der Waals surface area contributed by atoms with Gasteiger partial charge in [-0.1, -0.05) is 38.8 Å². The summed E-state index contributed by atoms with van der Waals surface area (Å²) in [6.07, 6.45) is 2.98. The predicted molar refractivity (Wildman–Crippen MR) is 116 cm³/mol. The molecule has 12 atom stereocenters. The molecule has 33 heavy (non-hydrogen) atoms. The van der Waals surface area contributed by atoms with Gasteiger partial charge in [0, 0.05) is 5.41 Å². The summed E-state index contributed by atoms with van der Waals surface area (Å²) in [5, 5.41) is 11.0. The minimum absolute atomic E-state index is 0.0230. The molecular weight excluding hydrogens is 427 g/mol. The molecule has 4 aliphatic carbocycles. The van der Waals surface area contributed by atoms with E-state index in [1.165, 1.54) is 0 Å². The van der Waals surface area contributed by atoms with Crippen molar-refractivity contribution < 1.29 is 33.3 Å². The molecule has 0 radical (unpaired) electrons. The number of halogens is 1. The molecule has 0 aromatic heterocycles. The van der Waals surface area contributed by atoms with Crippen LogP contribution in [0.5, 0.6) is 0 Å². The van der Waals surface area contributed by atoms with Gasteiger partial charge in [0.25, 0.3) is 0 Å². The first-order valence-corrected chi connectivity index (χ1v) is 12.6. The Balaban J connectivity index is 1.43. The molecule has 0 aromatic carbocycles. The molecule has 2 saturated heterocycles. The number of aldehydes is 1. The maximum Gasteiger partial charge on any atom is 0.315 e. The highest BCUT2D eigenvalue weighted by Crippen LogP contribution is 2.82. The number of fused-ring (bicyclic) bond motifs is 3. The molecule has 0 aromatic rings. The number of hydrogen-bond donors (Lipinski definition) is 1. The Morgan fingerprint density at radius 3 is 2.70 bits per heavy atom. The van der Waals surface area contributed by atoms with Crippen molar-refractivity contribution in [3.8, 4) is 0 Å². The highest BCUT2D eigenvalue weighted by atomic mass is 19.1. The second-order valence-electron chi connectivity index (χ2n) is 12.0. The van der Waals surface area contributed by atoms with Gasteiger partial charge in [-0.3, -0.25) is 4.79 Å². The number of ether oxygens (including phenoxy) is 3. The third-order valence-corrected chi connectivity index (χ3v) is 10.6. The molecule has 6 rings (SSSR count). The maximum absolute atomic E-state index is 14.2. The summed E-state index contributed by atoms with van der Waals surface area (Å²) < 4.78 is 31.9. The number of carboxylic acids is 1. The number of aliphatic carboxylic acids is 1. The van der Waals surface area contributed by atoms with Gasteiger partial charge in [-0.25, -0.2) is 4.39 Å². The number of allylic oxidation sites excluding steroid dienone is 1. The molecule has 0 spiro atoms. The van der Waals surface area contributed by atoms with Crippen LogP contribution in [-0.2, 0) is 23.8 Å². The molecule has 2 heterocycles. The Morgan fingerprint density at radius 2 is 2.03 bits per heavy atom. The van der Waals surface area contributed by atoms with E-state index in [-0.39, 0.29) is 24.4 Å². The summed E-state index contributed by atoms with van der Waals surface area (Å²) >= 11 is 0. The number of alkyl halides is 1. The first-order chi connectivity index (χ1) is 15.6. The normalized spacial score (nSPS) is 55.8. The van der Waals surface area contributed by atoms with Crippen LogP contribution in [0.15, 0.2) is 11.6 Å². The molecule has 6 aliphatic rings. The van der Waals surface area contributed by atoms with E-state index in [2.05, 4.69) is 13.0 Å². The van der Waals surface area contributed by atoms with Crippen LogP contribution in [0.3, 0.4) is 0 Å². The standard InChI is InChI=1S/C26H35FO6/c1-12(2)18-7-15-8-24(10-28)17-6-5-13(3)16(17)9-25(15,26(18,24)23(29)30)11-31-22-21-20(33-21)19(27)14(4)32-22/h7,10,12-17,19-22H,5-6,8-9,11H2,1-4H3,(H,29,30)/t13?,14-,15?,16?,17?,19+,20+,21+,22-,24?,25?,26?/m1/s1. The van der Waals surface area contributed by atoms with Crippen LogP contribution < -0.4 is 0 Å². The van der Waals surface area contributed by atoms with E-state index in [0.717, 1.165) is 31.1 Å². The zero-order valence-electron chi connectivity index (χ0n) is 19.8. The van der Waals surface area contributed by atoms with E-state index in [9.17, 15) is 19.1 Å². The van der Waals surface area contributed by atoms with Crippen LogP contribution in [0.2, 0.25) is 0 Å². The fourth-order valence-electron chi connectivity index (χ4n) is 9.24. The Hall–Kier alpha value is -1.31. The third kappa shape index (κ3) is 2.40. The van der Waals surface area contributed by atoms with Gasteiger partial charge in [-0.05, 0) is 55.8 Å². The molecule has 182 valence electrons. The summed E-state index contributed by atoms with van der Waals surface area (Å²) in [5.74, 6) is -0.0407. The number of carboxylic acid groups (broad SMARTS) is 1. The van der Waals surface area contributed by atoms with Crippen LogP contribution >= 0.6 is 0 Å². The first kappa shape index (κ1) is 22.2. The van der Waals surface area contributed by atoms with Gasteiger partial charge < -0.3 is 24.1 Å². The van der Waals surface area contributed by atoms with Gasteiger partial charge >= 0.3 is 5.97 Å². The first-order valence-electron chi connectivity index (χ1n) is 12.6. The average molecular weight is 463 g/mol. The monoisotopic (exact) mass is 462 g/mol. The van der Waals surface area contributed by atoms with E-state index in [0.29, 0.717) is 18.3 Å². The van der Waals surface area contributed by atoms with Gasteiger partial charge in [0.2, 0.25) is 0 Å². The zero-order valence-corrected chi connectivity index (χ0v) is 19.8. The van der Waals surface area contributed by atoms with Crippen molar-refractivity contribution in [1.82, 2.24) is 0 Å². The largest absolute Gasteiger partial charge is 0.481 e. The van der Waals surface area contributed by atoms with E-state index < -0.39 is 53.0 Å². The highest BCUT2D eigenvalue weighted by Gasteiger charge is 2.84. The second kappa shape index (κ2) is 6.88. The van der Waals surface area contributed by atoms with E-state index in [1.807, 2.05) is 13.8 Å². The molecule has 7 heteroatoms. The molecule has 5 fully saturated rings. The van der Waals surface area contributed by atoms with Crippen LogP contribution in [0.4, 0.5) is 4.39 Å². The van der Waals surface area contributed by atoms with Crippen molar-refractivity contribution in [2.45, 2.75) is 84.2 Å². The lowest BCUT2D eigenvalue weighted by Crippen LogP contribution is -2.63. The van der Waals surface area contributed by atoms with Gasteiger partial charge in [0.1, 0.15) is 23.9 Å². The predicted octanol–water partition coefficient (Wildman–Crippen LogP) is 3.78. The van der Waals surface area contributed by atoms with Crippen LogP contribution in [0.1, 0.15) is 53.4 Å². The summed E-state index contributed by atoms with van der Waals surface area (Å²) in [5.41, 5.74) is -1.98. The lowest BCUT2D eigenvalue weighted by molar-refractivity contribution is -0.231. The highest BCUT2D eigenvalue weighted by molar-refractivity contribution is 5.90. The Labute approximate surface area is 194 Å². The van der Waals surface area contributed by atoms with Crippen molar-refractivity contribution in [2.24, 2.45) is 45.8 Å². The number of carbonyl (C=O) groups is 2. The molecule has 0 amide bonds. The molecule has 2 aliphatic heterocycles. The number of hydrogen-bond acceptors (Lipinski definition) is 5. The van der Waals surface area contributed by atoms with Crippen LogP contribution in [0.25, 0.3) is 0 Å². The third-order valence-electron chi connectivity index (χ3n) is 10.6. The molecule has 3 saturated carbocycles. The molecule has 4 bridgehead atoms. The second-order valence-corrected chi connectivity index (χ2v) is 12.0. The minimum atomic E-state index is -1.27. The van der Waals surface area contributed by atoms with Crippen molar-refractivity contribution in [1.29, 1.82) is 0 Å². The Kier molecular flexibility index (Phi) is 4.63. The summed E-state index contributed by atoms with van der Waals surface area (Å²) in [7, 11) is 0. The molecule has 1 N–H and O–H groups in total. The van der Waals surface area contributed by atoms with Gasteiger partial charge in [0.05, 0.1) is 18.1 Å². The van der Waals surface area contributed by atoms with Crippen molar-refractivity contribution >= 4 is 12.3 Å². The fourth-order valence-corrected chi connectivity index (χ4v) is 9.24. The SMILES string of the molecule is CC(C)C1=CC2CC3(C=O)C4CCC(C)C4CC2(CO[C@@H]2O[C@H](C)[C@H](F)[C@@H]4O[C@H]24)C13C(=O)O. The number of rotatable bonds is 6. The lowest BCUT2D eigenvalue weighted by Gasteiger charge is -2.58. The minimum Gasteiger partial charge on any atom is -0.481 e. The number of carbonyl (C=O) groups excluding carboxylic acids is 1. The van der Waals surface area contributed by atoms with Crippen molar-refractivity contribution in [2.75, 3.05) is 6.61 Å². The van der Waals surface area contributed by atoms with Gasteiger partial charge in [-0.2, -0.15) is 0 Å². The summed E-state index contributed by atoms with van der Waals surface area (Å²) in [6.45, 7) is 8.17. The number of epoxide rings is 1. The maximum atomic E-state index is 14.2. The van der Waals surface area contributed by atoms with Crippen molar-refractivity contribution in [3.05, 3.63) is 11.6 Å². The lowest BCUT2D eigenvalue weighted by atomic mass is 9.43. The Bertz CT molecular complexity index is 916. The molecule has 7 unspecified atom stereocenters. The van der Waals surface area contributed by atoms with Crippen LogP contribution in [0, 0.1) is 45.8 Å². The van der Waals surface area contributed by atoms with E-state index in [4.69, 9.17) is 14.2 Å². The fraction of sp³-hybridized carbons (Fsp3) is 0.846. The quantitative estimate of drug-likeness (QED) is 0.367. The molecule has 6 nitrogen and oxygen atoms in total. The van der Waals surface area contributed by atoms with Gasteiger partial charge in [0.15, 0.2) is 12.5 Å². The van der Waals surface area contributed by atoms with Crippen molar-refractivity contribution in [3.63, 3.8) is 0 Å². The summed E-state index contributed by atoms with van der Waals surface area (Å²) in [4.78, 5) is 26.4. The Morgan fingerprint density at radius 1 is 1.27 bits per heavy atom. The molecular formula is C26H35FO6. The van der Waals surface area contributed by atoms with E-state index >= 15 is 0 Å². The van der Waals surface area contributed by atoms with E-state index in [1.54, 1.807) is 6.92 Å².